The van der Waals surface area contributed by atoms with Gasteiger partial charge in [0.05, 0.1) is 6.04 Å². The molecule has 1 fully saturated rings. The Bertz CT molecular complexity index is 1020. The first-order valence-electron chi connectivity index (χ1n) is 10.3. The molecule has 0 saturated carbocycles. The van der Waals surface area contributed by atoms with Gasteiger partial charge in [-0.25, -0.2) is 4.39 Å². The second-order valence-electron chi connectivity index (χ2n) is 8.95. The Balaban J connectivity index is 1.40. The SMILES string of the molecule is CC(C)(C)C(NC(=O)C1CCN(c2ccc3nncn3n2)CC1)c1ccc(F)cc1. The maximum Gasteiger partial charge on any atom is 0.223 e. The summed E-state index contributed by atoms with van der Waals surface area (Å²) in [4.78, 5) is 15.2. The minimum absolute atomic E-state index is 0.0507. The Kier molecular flexibility index (Phi) is 5.40. The lowest BCUT2D eigenvalue weighted by Gasteiger charge is -2.36. The quantitative estimate of drug-likeness (QED) is 0.714. The molecule has 3 heterocycles. The topological polar surface area (TPSA) is 75.4 Å². The Morgan fingerprint density at radius 1 is 1.13 bits per heavy atom. The number of nitrogens with zero attached hydrogens (tertiary/aromatic N) is 5. The zero-order chi connectivity index (χ0) is 21.3. The minimum atomic E-state index is -0.275. The molecule has 0 radical (unpaired) electrons. The first-order chi connectivity index (χ1) is 14.3. The molecule has 0 aliphatic carbocycles. The van der Waals surface area contributed by atoms with Crippen molar-refractivity contribution in [3.8, 4) is 0 Å². The van der Waals surface area contributed by atoms with Crippen molar-refractivity contribution in [3.05, 3.63) is 54.1 Å². The van der Waals surface area contributed by atoms with Crippen LogP contribution in [0.5, 0.6) is 0 Å². The molecule has 4 rings (SSSR count). The van der Waals surface area contributed by atoms with Crippen molar-refractivity contribution < 1.29 is 9.18 Å². The highest BCUT2D eigenvalue weighted by atomic mass is 19.1. The lowest BCUT2D eigenvalue weighted by molar-refractivity contribution is -0.127. The molecule has 1 unspecified atom stereocenters. The van der Waals surface area contributed by atoms with Crippen molar-refractivity contribution >= 4 is 17.4 Å². The van der Waals surface area contributed by atoms with E-state index in [1.807, 2.05) is 12.1 Å². The second-order valence-corrected chi connectivity index (χ2v) is 8.95. The van der Waals surface area contributed by atoms with E-state index in [9.17, 15) is 9.18 Å². The van der Waals surface area contributed by atoms with E-state index in [2.05, 4.69) is 46.3 Å². The number of hydrogen-bond acceptors (Lipinski definition) is 5. The zero-order valence-corrected chi connectivity index (χ0v) is 17.5. The number of anilines is 1. The van der Waals surface area contributed by atoms with E-state index in [4.69, 9.17) is 0 Å². The molecule has 1 amide bonds. The van der Waals surface area contributed by atoms with Gasteiger partial charge in [-0.3, -0.25) is 4.79 Å². The van der Waals surface area contributed by atoms with Crippen molar-refractivity contribution in [2.75, 3.05) is 18.0 Å². The molecule has 0 bridgehead atoms. The van der Waals surface area contributed by atoms with Crippen LogP contribution in [0.4, 0.5) is 10.2 Å². The van der Waals surface area contributed by atoms with Crippen LogP contribution >= 0.6 is 0 Å². The number of carbonyl (C=O) groups is 1. The van der Waals surface area contributed by atoms with E-state index >= 15 is 0 Å². The van der Waals surface area contributed by atoms with Gasteiger partial charge in [-0.2, -0.15) is 4.52 Å². The summed E-state index contributed by atoms with van der Waals surface area (Å²) < 4.78 is 15.0. The molecule has 1 saturated heterocycles. The summed E-state index contributed by atoms with van der Waals surface area (Å²) >= 11 is 0. The molecule has 1 atom stereocenters. The Hall–Kier alpha value is -3.03. The molecule has 7 nitrogen and oxygen atoms in total. The maximum absolute atomic E-state index is 13.3. The van der Waals surface area contributed by atoms with Gasteiger partial charge < -0.3 is 10.2 Å². The number of hydrogen-bond donors (Lipinski definition) is 1. The van der Waals surface area contributed by atoms with E-state index in [1.165, 1.54) is 12.1 Å². The monoisotopic (exact) mass is 410 g/mol. The van der Waals surface area contributed by atoms with Crippen LogP contribution in [0.2, 0.25) is 0 Å². The number of carbonyl (C=O) groups excluding carboxylic acids is 1. The summed E-state index contributed by atoms with van der Waals surface area (Å²) in [6.07, 6.45) is 3.10. The fourth-order valence-corrected chi connectivity index (χ4v) is 3.97. The second kappa shape index (κ2) is 8.01. The molecule has 1 N–H and O–H groups in total. The van der Waals surface area contributed by atoms with Crippen molar-refractivity contribution in [3.63, 3.8) is 0 Å². The lowest BCUT2D eigenvalue weighted by Crippen LogP contribution is -2.44. The molecule has 158 valence electrons. The minimum Gasteiger partial charge on any atom is -0.355 e. The molecule has 0 spiro atoms. The number of aromatic nitrogens is 4. The lowest BCUT2D eigenvalue weighted by atomic mass is 9.81. The molecule has 30 heavy (non-hydrogen) atoms. The van der Waals surface area contributed by atoms with Crippen molar-refractivity contribution in [2.45, 2.75) is 39.7 Å². The first kappa shape index (κ1) is 20.3. The highest BCUT2D eigenvalue weighted by Gasteiger charge is 2.32. The standard InChI is InChI=1S/C22H27FN6O/c1-22(2,3)20(15-4-6-17(23)7-5-15)25-21(30)16-10-12-28(13-11-16)19-9-8-18-26-24-14-29(18)27-19/h4-9,14,16,20H,10-13H2,1-3H3,(H,25,30). The van der Waals surface area contributed by atoms with Gasteiger partial charge in [-0.05, 0) is 48.1 Å². The van der Waals surface area contributed by atoms with E-state index in [0.29, 0.717) is 5.65 Å². The predicted octanol–water partition coefficient (Wildman–Crippen LogP) is 3.38. The van der Waals surface area contributed by atoms with Gasteiger partial charge in [-0.15, -0.1) is 15.3 Å². The summed E-state index contributed by atoms with van der Waals surface area (Å²) in [6, 6.07) is 10.0. The van der Waals surface area contributed by atoms with Crippen LogP contribution in [0.3, 0.4) is 0 Å². The predicted molar refractivity (Wildman–Crippen MR) is 112 cm³/mol. The van der Waals surface area contributed by atoms with Gasteiger partial charge in [-0.1, -0.05) is 32.9 Å². The molecule has 1 aromatic carbocycles. The van der Waals surface area contributed by atoms with Gasteiger partial charge >= 0.3 is 0 Å². The van der Waals surface area contributed by atoms with Gasteiger partial charge in [0.2, 0.25) is 5.91 Å². The van der Waals surface area contributed by atoms with E-state index in [-0.39, 0.29) is 29.1 Å². The maximum atomic E-state index is 13.3. The van der Waals surface area contributed by atoms with Crippen molar-refractivity contribution in [1.82, 2.24) is 25.1 Å². The van der Waals surface area contributed by atoms with Crippen molar-refractivity contribution in [2.24, 2.45) is 11.3 Å². The number of fused-ring (bicyclic) bond motifs is 1. The fraction of sp³-hybridized carbons (Fsp3) is 0.455. The van der Waals surface area contributed by atoms with E-state index in [0.717, 1.165) is 37.3 Å². The summed E-state index contributed by atoms with van der Waals surface area (Å²) in [7, 11) is 0. The average Bonchev–Trinajstić information content (AvgIpc) is 3.20. The van der Waals surface area contributed by atoms with Gasteiger partial charge in [0.15, 0.2) is 5.65 Å². The van der Waals surface area contributed by atoms with Crippen LogP contribution in [-0.2, 0) is 4.79 Å². The molecule has 1 aliphatic rings. The van der Waals surface area contributed by atoms with Crippen LogP contribution in [0.1, 0.15) is 45.2 Å². The summed E-state index contributed by atoms with van der Waals surface area (Å²) in [5, 5.41) is 15.6. The number of nitrogens with one attached hydrogen (secondary N) is 1. The van der Waals surface area contributed by atoms with Crippen LogP contribution < -0.4 is 10.2 Å². The Labute approximate surface area is 175 Å². The third-order valence-electron chi connectivity index (χ3n) is 5.69. The first-order valence-corrected chi connectivity index (χ1v) is 10.3. The number of piperidine rings is 1. The largest absolute Gasteiger partial charge is 0.355 e. The zero-order valence-electron chi connectivity index (χ0n) is 17.5. The highest BCUT2D eigenvalue weighted by molar-refractivity contribution is 5.79. The van der Waals surface area contributed by atoms with Gasteiger partial charge in [0, 0.05) is 19.0 Å². The van der Waals surface area contributed by atoms with Crippen molar-refractivity contribution in [1.29, 1.82) is 0 Å². The summed E-state index contributed by atoms with van der Waals surface area (Å²) in [5.41, 5.74) is 1.44. The molecule has 8 heteroatoms. The van der Waals surface area contributed by atoms with Crippen LogP contribution in [-0.4, -0.2) is 38.8 Å². The third kappa shape index (κ3) is 4.27. The average molecular weight is 410 g/mol. The Morgan fingerprint density at radius 2 is 1.83 bits per heavy atom. The van der Waals surface area contributed by atoms with Crippen LogP contribution in [0.15, 0.2) is 42.7 Å². The number of rotatable bonds is 4. The Morgan fingerprint density at radius 3 is 2.50 bits per heavy atom. The molecule has 1 aliphatic heterocycles. The third-order valence-corrected chi connectivity index (χ3v) is 5.69. The summed E-state index contributed by atoms with van der Waals surface area (Å²) in [5.74, 6) is 0.592. The molecular weight excluding hydrogens is 383 g/mol. The summed E-state index contributed by atoms with van der Waals surface area (Å²) in [6.45, 7) is 7.76. The molecule has 3 aromatic rings. The highest BCUT2D eigenvalue weighted by Crippen LogP contribution is 2.34. The van der Waals surface area contributed by atoms with E-state index in [1.54, 1.807) is 23.0 Å². The van der Waals surface area contributed by atoms with Gasteiger partial charge in [0.25, 0.3) is 0 Å². The smallest absolute Gasteiger partial charge is 0.223 e. The number of benzene rings is 1. The van der Waals surface area contributed by atoms with Gasteiger partial charge in [0.1, 0.15) is 18.0 Å². The fourth-order valence-electron chi connectivity index (χ4n) is 3.97. The normalized spacial score (nSPS) is 16.6. The van der Waals surface area contributed by atoms with Crippen LogP contribution in [0.25, 0.3) is 5.65 Å². The van der Waals surface area contributed by atoms with Crippen LogP contribution in [0, 0.1) is 17.2 Å². The van der Waals surface area contributed by atoms with E-state index < -0.39 is 0 Å². The number of halogens is 1. The molecular formula is C22H27FN6O. The molecule has 2 aromatic heterocycles. The number of amides is 1.